The Hall–Kier alpha value is -1.66. The molecule has 5 nitrogen and oxygen atoms in total. The summed E-state index contributed by atoms with van der Waals surface area (Å²) < 4.78 is 1.97. The summed E-state index contributed by atoms with van der Waals surface area (Å²) in [4.78, 5) is 14.9. The first-order chi connectivity index (χ1) is 9.70. The maximum atomic E-state index is 11.0. The molecule has 0 radical (unpaired) electrons. The van der Waals surface area contributed by atoms with Crippen LogP contribution in [0.4, 0.5) is 5.82 Å². The summed E-state index contributed by atoms with van der Waals surface area (Å²) in [5.41, 5.74) is 0. The number of aromatic nitrogens is 2. The summed E-state index contributed by atoms with van der Waals surface area (Å²) >= 11 is 1.81. The molecule has 1 atom stereocenters. The van der Waals surface area contributed by atoms with Gasteiger partial charge in [0.1, 0.15) is 0 Å². The minimum Gasteiger partial charge on any atom is -0.309 e. The Morgan fingerprint density at radius 2 is 2.45 bits per heavy atom. The van der Waals surface area contributed by atoms with Crippen molar-refractivity contribution in [1.82, 2.24) is 14.7 Å². The molecule has 0 aromatic carbocycles. The third-order valence-corrected chi connectivity index (χ3v) is 4.35. The fourth-order valence-electron chi connectivity index (χ4n) is 2.58. The number of nitrogens with one attached hydrogen (secondary N) is 1. The van der Waals surface area contributed by atoms with Crippen LogP contribution in [0.1, 0.15) is 24.3 Å². The second kappa shape index (κ2) is 5.76. The summed E-state index contributed by atoms with van der Waals surface area (Å²) in [6.45, 7) is 4.63. The molecule has 1 fully saturated rings. The molecule has 2 aromatic rings. The van der Waals surface area contributed by atoms with E-state index in [1.54, 1.807) is 11.3 Å². The van der Waals surface area contributed by atoms with Crippen LogP contribution in [0.5, 0.6) is 0 Å². The molecular weight excluding hydrogens is 272 g/mol. The van der Waals surface area contributed by atoms with Crippen molar-refractivity contribution in [3.8, 4) is 0 Å². The van der Waals surface area contributed by atoms with Crippen LogP contribution in [-0.2, 0) is 11.3 Å². The minimum atomic E-state index is -0.0824. The van der Waals surface area contributed by atoms with E-state index in [9.17, 15) is 4.79 Å². The first-order valence-electron chi connectivity index (χ1n) is 6.78. The molecule has 0 unspecified atom stereocenters. The highest BCUT2D eigenvalue weighted by atomic mass is 32.1. The molecule has 3 heterocycles. The van der Waals surface area contributed by atoms with Gasteiger partial charge < -0.3 is 5.32 Å². The van der Waals surface area contributed by atoms with Gasteiger partial charge in [0.05, 0.1) is 6.04 Å². The monoisotopic (exact) mass is 290 g/mol. The molecule has 1 aliphatic heterocycles. The van der Waals surface area contributed by atoms with Crippen LogP contribution in [0, 0.1) is 0 Å². The van der Waals surface area contributed by atoms with Crippen molar-refractivity contribution in [3.05, 3.63) is 34.7 Å². The molecule has 3 rings (SSSR count). The quantitative estimate of drug-likeness (QED) is 0.940. The largest absolute Gasteiger partial charge is 0.309 e. The molecule has 106 valence electrons. The van der Waals surface area contributed by atoms with E-state index < -0.39 is 0 Å². The number of carbonyl (C=O) groups is 1. The maximum absolute atomic E-state index is 11.0. The number of likely N-dealkylation sites (tertiary alicyclic amines) is 1. The van der Waals surface area contributed by atoms with Crippen LogP contribution in [0.25, 0.3) is 0 Å². The van der Waals surface area contributed by atoms with Crippen LogP contribution in [-0.4, -0.2) is 33.7 Å². The molecular formula is C14H18N4OS. The van der Waals surface area contributed by atoms with Gasteiger partial charge in [0, 0.05) is 43.7 Å². The Morgan fingerprint density at radius 3 is 3.20 bits per heavy atom. The smallest absolute Gasteiger partial charge is 0.222 e. The second-order valence-corrected chi connectivity index (χ2v) is 6.15. The Kier molecular flexibility index (Phi) is 3.84. The number of hydrogen-bond acceptors (Lipinski definition) is 4. The van der Waals surface area contributed by atoms with Gasteiger partial charge in [-0.25, -0.2) is 0 Å². The van der Waals surface area contributed by atoms with Crippen molar-refractivity contribution in [2.45, 2.75) is 25.9 Å². The molecule has 0 bridgehead atoms. The first kappa shape index (κ1) is 13.3. The van der Waals surface area contributed by atoms with E-state index in [0.29, 0.717) is 11.9 Å². The average molecular weight is 290 g/mol. The van der Waals surface area contributed by atoms with Gasteiger partial charge in [-0.15, -0.1) is 11.3 Å². The summed E-state index contributed by atoms with van der Waals surface area (Å²) in [7, 11) is 0. The number of nitrogens with zero attached hydrogens (tertiary/aromatic N) is 3. The van der Waals surface area contributed by atoms with Crippen molar-refractivity contribution < 1.29 is 4.79 Å². The number of anilines is 1. The zero-order chi connectivity index (χ0) is 13.9. The first-order valence-corrected chi connectivity index (χ1v) is 7.66. The van der Waals surface area contributed by atoms with Crippen molar-refractivity contribution in [2.24, 2.45) is 0 Å². The van der Waals surface area contributed by atoms with Gasteiger partial charge in [0.25, 0.3) is 0 Å². The second-order valence-electron chi connectivity index (χ2n) is 5.12. The lowest BCUT2D eigenvalue weighted by Crippen LogP contribution is -2.21. The summed E-state index contributed by atoms with van der Waals surface area (Å²) in [5.74, 6) is 0.551. The molecule has 20 heavy (non-hydrogen) atoms. The highest BCUT2D eigenvalue weighted by Gasteiger charge is 2.24. The van der Waals surface area contributed by atoms with Gasteiger partial charge in [0.2, 0.25) is 5.91 Å². The van der Waals surface area contributed by atoms with E-state index in [1.807, 2.05) is 16.9 Å². The van der Waals surface area contributed by atoms with Crippen LogP contribution in [0.3, 0.4) is 0 Å². The van der Waals surface area contributed by atoms with Crippen molar-refractivity contribution in [2.75, 3.05) is 18.4 Å². The SMILES string of the molecule is CC(=O)Nc1ccn([C@@H]2CCN(Cc3cccs3)C2)n1. The van der Waals surface area contributed by atoms with Gasteiger partial charge >= 0.3 is 0 Å². The molecule has 0 saturated carbocycles. The van der Waals surface area contributed by atoms with Crippen LogP contribution in [0.2, 0.25) is 0 Å². The Bertz CT molecular complexity index is 578. The lowest BCUT2D eigenvalue weighted by Gasteiger charge is -2.15. The van der Waals surface area contributed by atoms with E-state index in [4.69, 9.17) is 0 Å². The number of thiophene rings is 1. The van der Waals surface area contributed by atoms with Crippen LogP contribution < -0.4 is 5.32 Å². The summed E-state index contributed by atoms with van der Waals surface area (Å²) in [5, 5.41) is 9.26. The molecule has 1 saturated heterocycles. The van der Waals surface area contributed by atoms with Crippen LogP contribution in [0.15, 0.2) is 29.8 Å². The van der Waals surface area contributed by atoms with Gasteiger partial charge in [-0.1, -0.05) is 6.07 Å². The van der Waals surface area contributed by atoms with Gasteiger partial charge in [-0.3, -0.25) is 14.4 Å². The molecule has 1 amide bonds. The zero-order valence-electron chi connectivity index (χ0n) is 11.5. The number of hydrogen-bond donors (Lipinski definition) is 1. The van der Waals surface area contributed by atoms with E-state index in [1.165, 1.54) is 11.8 Å². The van der Waals surface area contributed by atoms with Crippen molar-refractivity contribution in [1.29, 1.82) is 0 Å². The molecule has 1 N–H and O–H groups in total. The summed E-state index contributed by atoms with van der Waals surface area (Å²) in [6.07, 6.45) is 3.05. The van der Waals surface area contributed by atoms with E-state index in [2.05, 4.69) is 32.8 Å². The molecule has 0 spiro atoms. The predicted octanol–water partition coefficient (Wildman–Crippen LogP) is 2.35. The van der Waals surface area contributed by atoms with Gasteiger partial charge in [-0.05, 0) is 17.9 Å². The Balaban J connectivity index is 1.59. The Morgan fingerprint density at radius 1 is 1.55 bits per heavy atom. The van der Waals surface area contributed by atoms with E-state index in [-0.39, 0.29) is 5.91 Å². The molecule has 1 aliphatic rings. The number of amides is 1. The van der Waals surface area contributed by atoms with Gasteiger partial charge in [0.15, 0.2) is 5.82 Å². The third-order valence-electron chi connectivity index (χ3n) is 3.49. The molecule has 6 heteroatoms. The maximum Gasteiger partial charge on any atom is 0.222 e. The zero-order valence-corrected chi connectivity index (χ0v) is 12.3. The highest BCUT2D eigenvalue weighted by molar-refractivity contribution is 7.09. The number of carbonyl (C=O) groups excluding carboxylic acids is 1. The van der Waals surface area contributed by atoms with E-state index in [0.717, 1.165) is 26.1 Å². The Labute approximate surface area is 122 Å². The van der Waals surface area contributed by atoms with Crippen molar-refractivity contribution in [3.63, 3.8) is 0 Å². The fourth-order valence-corrected chi connectivity index (χ4v) is 3.33. The highest BCUT2D eigenvalue weighted by Crippen LogP contribution is 2.24. The van der Waals surface area contributed by atoms with E-state index >= 15 is 0 Å². The standard InChI is InChI=1S/C14H18N4OS/c1-11(19)15-14-5-7-18(16-14)12-4-6-17(9-12)10-13-3-2-8-20-13/h2-3,5,7-8,12H,4,6,9-10H2,1H3,(H,15,16,19)/t12-/m1/s1. The average Bonchev–Trinajstić information content (AvgIpc) is 3.09. The minimum absolute atomic E-state index is 0.0824. The lowest BCUT2D eigenvalue weighted by atomic mass is 10.3. The predicted molar refractivity (Wildman–Crippen MR) is 79.8 cm³/mol. The number of rotatable bonds is 4. The topological polar surface area (TPSA) is 50.2 Å². The van der Waals surface area contributed by atoms with Crippen molar-refractivity contribution >= 4 is 23.1 Å². The van der Waals surface area contributed by atoms with Crippen LogP contribution >= 0.6 is 11.3 Å². The molecule has 2 aromatic heterocycles. The fraction of sp³-hybridized carbons (Fsp3) is 0.429. The molecule has 0 aliphatic carbocycles. The summed E-state index contributed by atoms with van der Waals surface area (Å²) in [6, 6.07) is 6.53. The van der Waals surface area contributed by atoms with Gasteiger partial charge in [-0.2, -0.15) is 5.10 Å². The third kappa shape index (κ3) is 3.08. The normalized spacial score (nSPS) is 19.4. The lowest BCUT2D eigenvalue weighted by molar-refractivity contribution is -0.114.